The van der Waals surface area contributed by atoms with Gasteiger partial charge in [0.25, 0.3) is 0 Å². The molecule has 0 atom stereocenters. The molecule has 0 heterocycles. The van der Waals surface area contributed by atoms with Gasteiger partial charge in [0.05, 0.1) is 0 Å². The van der Waals surface area contributed by atoms with E-state index in [4.69, 9.17) is 5.73 Å². The summed E-state index contributed by atoms with van der Waals surface area (Å²) < 4.78 is 13.8. The molecule has 1 aromatic rings. The van der Waals surface area contributed by atoms with Crippen LogP contribution in [-0.2, 0) is 6.42 Å². The molecule has 2 N–H and O–H groups in total. The molecule has 1 aromatic carbocycles. The SMILES string of the molecule is Cc1c(Br)cc(F)cc1CCCN. The Morgan fingerprint density at radius 3 is 2.77 bits per heavy atom. The third-order valence-corrected chi connectivity index (χ3v) is 2.89. The summed E-state index contributed by atoms with van der Waals surface area (Å²) in [7, 11) is 0. The van der Waals surface area contributed by atoms with Crippen molar-refractivity contribution in [3.63, 3.8) is 0 Å². The Labute approximate surface area is 86.3 Å². The Kier molecular flexibility index (Phi) is 3.88. The van der Waals surface area contributed by atoms with E-state index in [2.05, 4.69) is 15.9 Å². The number of halogens is 2. The number of hydrogen-bond acceptors (Lipinski definition) is 1. The monoisotopic (exact) mass is 245 g/mol. The quantitative estimate of drug-likeness (QED) is 0.871. The van der Waals surface area contributed by atoms with Crippen molar-refractivity contribution < 1.29 is 4.39 Å². The zero-order valence-electron chi connectivity index (χ0n) is 7.61. The zero-order valence-corrected chi connectivity index (χ0v) is 9.20. The molecule has 1 nitrogen and oxygen atoms in total. The van der Waals surface area contributed by atoms with Gasteiger partial charge in [-0.3, -0.25) is 0 Å². The molecule has 0 unspecified atom stereocenters. The average Bonchev–Trinajstić information content (AvgIpc) is 2.09. The molecule has 0 aromatic heterocycles. The van der Waals surface area contributed by atoms with Crippen LogP contribution in [0.2, 0.25) is 0 Å². The first-order chi connectivity index (χ1) is 6.15. The first-order valence-corrected chi connectivity index (χ1v) is 5.09. The predicted molar refractivity (Wildman–Crippen MR) is 56.2 cm³/mol. The van der Waals surface area contributed by atoms with E-state index in [1.165, 1.54) is 6.07 Å². The van der Waals surface area contributed by atoms with Gasteiger partial charge in [0.15, 0.2) is 0 Å². The van der Waals surface area contributed by atoms with Gasteiger partial charge >= 0.3 is 0 Å². The van der Waals surface area contributed by atoms with Crippen LogP contribution in [0.5, 0.6) is 0 Å². The van der Waals surface area contributed by atoms with Crippen LogP contribution >= 0.6 is 15.9 Å². The third kappa shape index (κ3) is 2.78. The van der Waals surface area contributed by atoms with Crippen molar-refractivity contribution in [2.75, 3.05) is 6.54 Å². The van der Waals surface area contributed by atoms with Gasteiger partial charge in [-0.2, -0.15) is 0 Å². The first-order valence-electron chi connectivity index (χ1n) is 4.29. The largest absolute Gasteiger partial charge is 0.330 e. The summed E-state index contributed by atoms with van der Waals surface area (Å²) in [5.41, 5.74) is 7.54. The molecule has 13 heavy (non-hydrogen) atoms. The molecule has 0 bridgehead atoms. The van der Waals surface area contributed by atoms with Crippen LogP contribution < -0.4 is 5.73 Å². The van der Waals surface area contributed by atoms with Crippen LogP contribution in [-0.4, -0.2) is 6.54 Å². The maximum Gasteiger partial charge on any atom is 0.124 e. The highest BCUT2D eigenvalue weighted by Crippen LogP contribution is 2.22. The fourth-order valence-corrected chi connectivity index (χ4v) is 1.72. The van der Waals surface area contributed by atoms with Gasteiger partial charge in [0.1, 0.15) is 5.82 Å². The highest BCUT2D eigenvalue weighted by atomic mass is 79.9. The first kappa shape index (κ1) is 10.7. The maximum atomic E-state index is 13.0. The third-order valence-electron chi connectivity index (χ3n) is 2.07. The minimum Gasteiger partial charge on any atom is -0.330 e. The van der Waals surface area contributed by atoms with Crippen molar-refractivity contribution in [2.45, 2.75) is 19.8 Å². The number of nitrogens with two attached hydrogens (primary N) is 1. The summed E-state index contributed by atoms with van der Waals surface area (Å²) >= 11 is 3.32. The number of rotatable bonds is 3. The van der Waals surface area contributed by atoms with Gasteiger partial charge in [0.2, 0.25) is 0 Å². The highest BCUT2D eigenvalue weighted by molar-refractivity contribution is 9.10. The van der Waals surface area contributed by atoms with E-state index >= 15 is 0 Å². The summed E-state index contributed by atoms with van der Waals surface area (Å²) in [6.45, 7) is 2.63. The van der Waals surface area contributed by atoms with E-state index in [1.807, 2.05) is 6.92 Å². The Bertz CT molecular complexity index is 299. The molecular formula is C10H13BrFN. The van der Waals surface area contributed by atoms with E-state index in [9.17, 15) is 4.39 Å². The lowest BCUT2D eigenvalue weighted by molar-refractivity contribution is 0.622. The fourth-order valence-electron chi connectivity index (χ4n) is 1.25. The van der Waals surface area contributed by atoms with Crippen molar-refractivity contribution in [3.05, 3.63) is 33.5 Å². The molecule has 0 aliphatic rings. The van der Waals surface area contributed by atoms with Gasteiger partial charge in [-0.25, -0.2) is 4.39 Å². The second kappa shape index (κ2) is 4.72. The topological polar surface area (TPSA) is 26.0 Å². The van der Waals surface area contributed by atoms with Crippen LogP contribution in [0.1, 0.15) is 17.5 Å². The number of aryl methyl sites for hydroxylation is 1. The van der Waals surface area contributed by atoms with Gasteiger partial charge in [0, 0.05) is 4.47 Å². The Morgan fingerprint density at radius 2 is 2.15 bits per heavy atom. The van der Waals surface area contributed by atoms with Gasteiger partial charge in [-0.15, -0.1) is 0 Å². The van der Waals surface area contributed by atoms with Crippen molar-refractivity contribution in [3.8, 4) is 0 Å². The second-order valence-corrected chi connectivity index (χ2v) is 3.92. The van der Waals surface area contributed by atoms with Crippen LogP contribution in [0.15, 0.2) is 16.6 Å². The maximum absolute atomic E-state index is 13.0. The Morgan fingerprint density at radius 1 is 1.46 bits per heavy atom. The van der Waals surface area contributed by atoms with Gasteiger partial charge < -0.3 is 5.73 Å². The molecule has 0 aliphatic heterocycles. The molecular weight excluding hydrogens is 233 g/mol. The normalized spacial score (nSPS) is 10.5. The summed E-state index contributed by atoms with van der Waals surface area (Å²) in [6, 6.07) is 3.07. The standard InChI is InChI=1S/C10H13BrFN/c1-7-8(3-2-4-13)5-9(12)6-10(7)11/h5-6H,2-4,13H2,1H3. The minimum atomic E-state index is -0.190. The molecule has 0 radical (unpaired) electrons. The lowest BCUT2D eigenvalue weighted by atomic mass is 10.0. The predicted octanol–water partition coefficient (Wildman–Crippen LogP) is 2.79. The van der Waals surface area contributed by atoms with Crippen molar-refractivity contribution >= 4 is 15.9 Å². The van der Waals surface area contributed by atoms with Crippen LogP contribution in [0.4, 0.5) is 4.39 Å². The van der Waals surface area contributed by atoms with E-state index in [-0.39, 0.29) is 5.82 Å². The molecule has 0 saturated carbocycles. The van der Waals surface area contributed by atoms with E-state index < -0.39 is 0 Å². The molecule has 0 fully saturated rings. The Balaban J connectivity index is 2.92. The number of hydrogen-bond donors (Lipinski definition) is 1. The second-order valence-electron chi connectivity index (χ2n) is 3.06. The lowest BCUT2D eigenvalue weighted by Gasteiger charge is -2.07. The molecule has 1 rings (SSSR count). The minimum absolute atomic E-state index is 0.190. The lowest BCUT2D eigenvalue weighted by Crippen LogP contribution is -2.02. The molecule has 0 spiro atoms. The molecule has 0 aliphatic carbocycles. The molecule has 72 valence electrons. The zero-order chi connectivity index (χ0) is 9.84. The van der Waals surface area contributed by atoms with E-state index in [0.717, 1.165) is 28.4 Å². The smallest absolute Gasteiger partial charge is 0.124 e. The summed E-state index contributed by atoms with van der Waals surface area (Å²) in [4.78, 5) is 0. The summed E-state index contributed by atoms with van der Waals surface area (Å²) in [6.07, 6.45) is 1.75. The van der Waals surface area contributed by atoms with Crippen molar-refractivity contribution in [1.29, 1.82) is 0 Å². The number of benzene rings is 1. The Hall–Kier alpha value is -0.410. The fraction of sp³-hybridized carbons (Fsp3) is 0.400. The van der Waals surface area contributed by atoms with Crippen LogP contribution in [0, 0.1) is 12.7 Å². The van der Waals surface area contributed by atoms with Crippen LogP contribution in [0.25, 0.3) is 0 Å². The van der Waals surface area contributed by atoms with Crippen molar-refractivity contribution in [1.82, 2.24) is 0 Å². The average molecular weight is 246 g/mol. The molecule has 0 amide bonds. The van der Waals surface area contributed by atoms with Gasteiger partial charge in [-0.05, 0) is 49.6 Å². The van der Waals surface area contributed by atoms with Crippen LogP contribution in [0.3, 0.4) is 0 Å². The van der Waals surface area contributed by atoms with Crippen molar-refractivity contribution in [2.24, 2.45) is 5.73 Å². The molecule has 3 heteroatoms. The van der Waals surface area contributed by atoms with E-state index in [1.54, 1.807) is 6.07 Å². The summed E-state index contributed by atoms with van der Waals surface area (Å²) in [5, 5.41) is 0. The highest BCUT2D eigenvalue weighted by Gasteiger charge is 2.04. The van der Waals surface area contributed by atoms with E-state index in [0.29, 0.717) is 6.54 Å². The van der Waals surface area contributed by atoms with Gasteiger partial charge in [-0.1, -0.05) is 15.9 Å². The molecule has 0 saturated heterocycles. The summed E-state index contributed by atoms with van der Waals surface area (Å²) in [5.74, 6) is -0.190.